The van der Waals surface area contributed by atoms with E-state index in [1.54, 1.807) is 0 Å². The van der Waals surface area contributed by atoms with E-state index in [0.29, 0.717) is 16.9 Å². The van der Waals surface area contributed by atoms with Gasteiger partial charge in [0.25, 0.3) is 0 Å². The minimum absolute atomic E-state index is 0.454. The van der Waals surface area contributed by atoms with Crippen molar-refractivity contribution in [3.63, 3.8) is 0 Å². The lowest BCUT2D eigenvalue weighted by molar-refractivity contribution is 0.404. The van der Waals surface area contributed by atoms with Crippen LogP contribution in [0.15, 0.2) is 0 Å². The average Bonchev–Trinajstić information content (AvgIpc) is 2.48. The summed E-state index contributed by atoms with van der Waals surface area (Å²) in [5, 5.41) is 3.41. The second-order valence-electron chi connectivity index (χ2n) is 5.56. The van der Waals surface area contributed by atoms with E-state index in [0.717, 1.165) is 18.8 Å². The molecule has 1 nitrogen and oxygen atoms in total. The molecule has 0 aromatic rings. The highest BCUT2D eigenvalue weighted by Crippen LogP contribution is 2.69. The van der Waals surface area contributed by atoms with E-state index in [2.05, 4.69) is 38.9 Å². The van der Waals surface area contributed by atoms with E-state index >= 15 is 0 Å². The zero-order valence-corrected chi connectivity index (χ0v) is 10.1. The topological polar surface area (TPSA) is 12.0 Å². The van der Waals surface area contributed by atoms with Crippen LogP contribution in [0, 0.1) is 29.1 Å². The van der Waals surface area contributed by atoms with Crippen LogP contribution in [0.5, 0.6) is 0 Å². The first kappa shape index (κ1) is 11.6. The first-order valence-corrected chi connectivity index (χ1v) is 5.50. The van der Waals surface area contributed by atoms with Crippen LogP contribution < -0.4 is 5.32 Å². The SMILES string of the molecule is C#CCCC(NC)C1C(C)(C)C1(C)C. The molecule has 0 saturated heterocycles. The summed E-state index contributed by atoms with van der Waals surface area (Å²) >= 11 is 0. The number of terminal acetylenes is 1. The van der Waals surface area contributed by atoms with Gasteiger partial charge >= 0.3 is 0 Å². The molecule has 1 fully saturated rings. The Morgan fingerprint density at radius 2 is 1.79 bits per heavy atom. The van der Waals surface area contributed by atoms with Gasteiger partial charge in [-0.15, -0.1) is 12.3 Å². The van der Waals surface area contributed by atoms with E-state index in [1.807, 2.05) is 7.05 Å². The lowest BCUT2D eigenvalue weighted by Gasteiger charge is -2.17. The maximum Gasteiger partial charge on any atom is 0.0112 e. The van der Waals surface area contributed by atoms with Crippen molar-refractivity contribution < 1.29 is 0 Å². The van der Waals surface area contributed by atoms with E-state index in [1.165, 1.54) is 0 Å². The fourth-order valence-electron chi connectivity index (χ4n) is 2.97. The molecular weight excluding hydrogens is 170 g/mol. The Morgan fingerprint density at radius 3 is 2.07 bits per heavy atom. The highest BCUT2D eigenvalue weighted by Gasteiger charge is 2.66. The summed E-state index contributed by atoms with van der Waals surface area (Å²) in [6, 6.07) is 0.580. The summed E-state index contributed by atoms with van der Waals surface area (Å²) in [5.41, 5.74) is 0.907. The molecule has 1 heteroatoms. The van der Waals surface area contributed by atoms with E-state index in [4.69, 9.17) is 6.42 Å². The second kappa shape index (κ2) is 3.59. The smallest absolute Gasteiger partial charge is 0.0112 e. The van der Waals surface area contributed by atoms with Crippen molar-refractivity contribution in [3.05, 3.63) is 0 Å². The molecule has 1 atom stereocenters. The summed E-state index contributed by atoms with van der Waals surface area (Å²) in [4.78, 5) is 0. The zero-order valence-electron chi connectivity index (χ0n) is 10.1. The molecule has 0 aromatic carbocycles. The largest absolute Gasteiger partial charge is 0.317 e. The molecule has 1 aliphatic carbocycles. The molecule has 1 N–H and O–H groups in total. The normalized spacial score (nSPS) is 25.4. The fraction of sp³-hybridized carbons (Fsp3) is 0.846. The van der Waals surface area contributed by atoms with Gasteiger partial charge in [0.1, 0.15) is 0 Å². The molecule has 80 valence electrons. The Morgan fingerprint density at radius 1 is 1.29 bits per heavy atom. The predicted octanol–water partition coefficient (Wildman–Crippen LogP) is 2.67. The second-order valence-corrected chi connectivity index (χ2v) is 5.56. The van der Waals surface area contributed by atoms with Crippen LogP contribution in [-0.2, 0) is 0 Å². The van der Waals surface area contributed by atoms with Gasteiger partial charge in [0.2, 0.25) is 0 Å². The third kappa shape index (κ3) is 1.57. The molecule has 14 heavy (non-hydrogen) atoms. The first-order valence-electron chi connectivity index (χ1n) is 5.50. The number of hydrogen-bond donors (Lipinski definition) is 1. The maximum atomic E-state index is 5.31. The van der Waals surface area contributed by atoms with Crippen molar-refractivity contribution in [1.82, 2.24) is 5.32 Å². The van der Waals surface area contributed by atoms with Crippen LogP contribution in [0.2, 0.25) is 0 Å². The van der Waals surface area contributed by atoms with Crippen molar-refractivity contribution >= 4 is 0 Å². The zero-order chi connectivity index (χ0) is 11.0. The summed E-state index contributed by atoms with van der Waals surface area (Å²) in [6.45, 7) is 9.44. The molecular formula is C13H23N. The van der Waals surface area contributed by atoms with Crippen LogP contribution in [0.4, 0.5) is 0 Å². The van der Waals surface area contributed by atoms with Gasteiger partial charge in [-0.3, -0.25) is 0 Å². The van der Waals surface area contributed by atoms with Crippen LogP contribution >= 0.6 is 0 Å². The van der Waals surface area contributed by atoms with Crippen molar-refractivity contribution in [2.75, 3.05) is 7.05 Å². The maximum absolute atomic E-state index is 5.31. The van der Waals surface area contributed by atoms with Gasteiger partial charge in [-0.2, -0.15) is 0 Å². The van der Waals surface area contributed by atoms with Crippen LogP contribution in [-0.4, -0.2) is 13.1 Å². The summed E-state index contributed by atoms with van der Waals surface area (Å²) in [5.74, 6) is 3.49. The van der Waals surface area contributed by atoms with Gasteiger partial charge in [0.15, 0.2) is 0 Å². The Bertz CT molecular complexity index is 230. The Balaban J connectivity index is 2.62. The minimum atomic E-state index is 0.454. The van der Waals surface area contributed by atoms with E-state index in [-0.39, 0.29) is 0 Å². The predicted molar refractivity (Wildman–Crippen MR) is 62.0 cm³/mol. The fourth-order valence-corrected chi connectivity index (χ4v) is 2.97. The molecule has 1 rings (SSSR count). The Kier molecular flexibility index (Phi) is 2.97. The lowest BCUT2D eigenvalue weighted by atomic mass is 10.00. The standard InChI is InChI=1S/C13H23N/c1-7-8-9-10(14-6)11-12(2,3)13(11,4)5/h1,10-11,14H,8-9H2,2-6H3. The Hall–Kier alpha value is -0.480. The molecule has 0 aliphatic heterocycles. The third-order valence-electron chi connectivity index (χ3n) is 4.51. The van der Waals surface area contributed by atoms with Gasteiger partial charge in [0.05, 0.1) is 0 Å². The van der Waals surface area contributed by atoms with Gasteiger partial charge in [-0.1, -0.05) is 27.7 Å². The van der Waals surface area contributed by atoms with Crippen molar-refractivity contribution in [2.24, 2.45) is 16.7 Å². The number of rotatable bonds is 4. The molecule has 0 radical (unpaired) electrons. The summed E-state index contributed by atoms with van der Waals surface area (Å²) < 4.78 is 0. The molecule has 0 heterocycles. The number of nitrogens with one attached hydrogen (secondary N) is 1. The van der Waals surface area contributed by atoms with Gasteiger partial charge in [-0.25, -0.2) is 0 Å². The highest BCUT2D eigenvalue weighted by molar-refractivity contribution is 5.16. The van der Waals surface area contributed by atoms with Crippen molar-refractivity contribution in [2.45, 2.75) is 46.6 Å². The quantitative estimate of drug-likeness (QED) is 0.677. The molecule has 0 spiro atoms. The summed E-state index contributed by atoms with van der Waals surface area (Å²) in [7, 11) is 2.05. The molecule has 0 amide bonds. The highest BCUT2D eigenvalue weighted by atomic mass is 14.9. The molecule has 1 aliphatic rings. The molecule has 0 bridgehead atoms. The molecule has 1 unspecified atom stereocenters. The molecule has 1 saturated carbocycles. The monoisotopic (exact) mass is 193 g/mol. The van der Waals surface area contributed by atoms with E-state index < -0.39 is 0 Å². The summed E-state index contributed by atoms with van der Waals surface area (Å²) in [6.07, 6.45) is 7.29. The van der Waals surface area contributed by atoms with Crippen molar-refractivity contribution in [1.29, 1.82) is 0 Å². The van der Waals surface area contributed by atoms with Crippen molar-refractivity contribution in [3.8, 4) is 12.3 Å². The lowest BCUT2D eigenvalue weighted by Crippen LogP contribution is -2.29. The van der Waals surface area contributed by atoms with Gasteiger partial charge in [0, 0.05) is 12.5 Å². The average molecular weight is 193 g/mol. The van der Waals surface area contributed by atoms with Crippen LogP contribution in [0.3, 0.4) is 0 Å². The van der Waals surface area contributed by atoms with Gasteiger partial charge in [-0.05, 0) is 30.2 Å². The van der Waals surface area contributed by atoms with Crippen LogP contribution in [0.25, 0.3) is 0 Å². The third-order valence-corrected chi connectivity index (χ3v) is 4.51. The van der Waals surface area contributed by atoms with Crippen LogP contribution in [0.1, 0.15) is 40.5 Å². The van der Waals surface area contributed by atoms with Gasteiger partial charge < -0.3 is 5.32 Å². The molecule has 0 aromatic heterocycles. The minimum Gasteiger partial charge on any atom is -0.317 e. The number of hydrogen-bond acceptors (Lipinski definition) is 1. The first-order chi connectivity index (χ1) is 6.39. The Labute approximate surface area is 88.7 Å². The van der Waals surface area contributed by atoms with E-state index in [9.17, 15) is 0 Å².